The summed E-state index contributed by atoms with van der Waals surface area (Å²) in [6, 6.07) is 9.88. The molecule has 0 bridgehead atoms. The fourth-order valence-electron chi connectivity index (χ4n) is 1.09. The molecule has 2 aromatic rings. The average Bonchev–Trinajstić information content (AvgIpc) is 2.33. The van der Waals surface area contributed by atoms with Crippen LogP contribution in [0.2, 0.25) is 5.15 Å². The van der Waals surface area contributed by atoms with Crippen LogP contribution in [0.25, 0.3) is 0 Å². The number of benzene rings is 1. The highest BCUT2D eigenvalue weighted by molar-refractivity contribution is 6.29. The van der Waals surface area contributed by atoms with E-state index in [4.69, 9.17) is 16.3 Å². The molecular weight excluding hydrogens is 228 g/mol. The molecule has 0 saturated carbocycles. The van der Waals surface area contributed by atoms with Crippen LogP contribution in [0.4, 0.5) is 0 Å². The lowest BCUT2D eigenvalue weighted by atomic mass is 10.2. The van der Waals surface area contributed by atoms with Crippen LogP contribution in [0, 0.1) is 0 Å². The number of aldehydes is 1. The molecule has 0 atom stereocenters. The molecule has 0 radical (unpaired) electrons. The van der Waals surface area contributed by atoms with Crippen LogP contribution in [0.1, 0.15) is 10.4 Å². The quantitative estimate of drug-likeness (QED) is 0.767. The van der Waals surface area contributed by atoms with Gasteiger partial charge in [0.1, 0.15) is 12.0 Å². The lowest BCUT2D eigenvalue weighted by Gasteiger charge is -2.03. The molecule has 1 aromatic heterocycles. The van der Waals surface area contributed by atoms with Crippen LogP contribution in [0.3, 0.4) is 0 Å². The molecule has 0 N–H and O–H groups in total. The Bertz CT molecular complexity index is 482. The molecule has 0 spiro atoms. The molecular formula is C11H7ClN2O2. The second-order valence-corrected chi connectivity index (χ2v) is 3.37. The largest absolute Gasteiger partial charge is 0.438 e. The van der Waals surface area contributed by atoms with Crippen molar-refractivity contribution in [2.45, 2.75) is 0 Å². The summed E-state index contributed by atoms with van der Waals surface area (Å²) in [5, 5.41) is 7.69. The summed E-state index contributed by atoms with van der Waals surface area (Å²) >= 11 is 5.59. The van der Waals surface area contributed by atoms with E-state index in [0.717, 1.165) is 6.29 Å². The molecule has 0 saturated heterocycles. The van der Waals surface area contributed by atoms with E-state index in [-0.39, 0.29) is 0 Å². The highest BCUT2D eigenvalue weighted by Crippen LogP contribution is 2.19. The van der Waals surface area contributed by atoms with Crippen LogP contribution in [0.5, 0.6) is 11.6 Å². The fourth-order valence-corrected chi connectivity index (χ4v) is 1.19. The number of nitrogens with zero attached hydrogens (tertiary/aromatic N) is 2. The van der Waals surface area contributed by atoms with Crippen LogP contribution in [-0.2, 0) is 0 Å². The minimum Gasteiger partial charge on any atom is -0.438 e. The van der Waals surface area contributed by atoms with Crippen molar-refractivity contribution < 1.29 is 9.53 Å². The maximum absolute atomic E-state index is 10.4. The first-order chi connectivity index (χ1) is 7.78. The number of hydrogen-bond donors (Lipinski definition) is 0. The van der Waals surface area contributed by atoms with Gasteiger partial charge in [-0.05, 0) is 30.3 Å². The zero-order chi connectivity index (χ0) is 11.4. The molecule has 0 aliphatic carbocycles. The van der Waals surface area contributed by atoms with E-state index in [0.29, 0.717) is 22.3 Å². The van der Waals surface area contributed by atoms with E-state index in [1.54, 1.807) is 36.4 Å². The molecule has 16 heavy (non-hydrogen) atoms. The van der Waals surface area contributed by atoms with E-state index >= 15 is 0 Å². The van der Waals surface area contributed by atoms with Crippen molar-refractivity contribution in [1.82, 2.24) is 10.2 Å². The predicted molar refractivity (Wildman–Crippen MR) is 58.9 cm³/mol. The Labute approximate surface area is 96.8 Å². The molecule has 1 heterocycles. The lowest BCUT2D eigenvalue weighted by molar-refractivity contribution is 0.112. The van der Waals surface area contributed by atoms with Crippen molar-refractivity contribution in [1.29, 1.82) is 0 Å². The van der Waals surface area contributed by atoms with Gasteiger partial charge in [-0.25, -0.2) is 0 Å². The Balaban J connectivity index is 2.14. The predicted octanol–water partition coefficient (Wildman–Crippen LogP) is 2.73. The number of rotatable bonds is 3. The van der Waals surface area contributed by atoms with Gasteiger partial charge in [-0.15, -0.1) is 10.2 Å². The van der Waals surface area contributed by atoms with Gasteiger partial charge in [0.05, 0.1) is 0 Å². The number of carbonyl (C=O) groups excluding carboxylic acids is 1. The summed E-state index contributed by atoms with van der Waals surface area (Å²) in [6.07, 6.45) is 0.770. The van der Waals surface area contributed by atoms with Crippen LogP contribution >= 0.6 is 11.6 Å². The van der Waals surface area contributed by atoms with E-state index in [1.807, 2.05) is 0 Å². The van der Waals surface area contributed by atoms with Gasteiger partial charge in [0.15, 0.2) is 5.15 Å². The van der Waals surface area contributed by atoms with Gasteiger partial charge >= 0.3 is 0 Å². The van der Waals surface area contributed by atoms with Crippen LogP contribution < -0.4 is 4.74 Å². The standard InChI is InChI=1S/C11H7ClN2O2/c12-10-5-6-11(14-13-10)16-9-3-1-8(7-15)2-4-9/h1-7H. The van der Waals surface area contributed by atoms with Gasteiger partial charge in [0.2, 0.25) is 5.88 Å². The minimum absolute atomic E-state index is 0.309. The first kappa shape index (κ1) is 10.6. The summed E-state index contributed by atoms with van der Waals surface area (Å²) in [4.78, 5) is 10.4. The number of hydrogen-bond acceptors (Lipinski definition) is 4. The van der Waals surface area contributed by atoms with Crippen molar-refractivity contribution >= 4 is 17.9 Å². The summed E-state index contributed by atoms with van der Waals surface area (Å²) in [7, 11) is 0. The summed E-state index contributed by atoms with van der Waals surface area (Å²) in [5.74, 6) is 0.936. The SMILES string of the molecule is O=Cc1ccc(Oc2ccc(Cl)nn2)cc1. The first-order valence-electron chi connectivity index (χ1n) is 4.50. The molecule has 80 valence electrons. The Morgan fingerprint density at radius 1 is 1.06 bits per heavy atom. The molecule has 0 aliphatic rings. The number of aromatic nitrogens is 2. The zero-order valence-electron chi connectivity index (χ0n) is 8.13. The number of ether oxygens (including phenoxy) is 1. The van der Waals surface area contributed by atoms with E-state index in [9.17, 15) is 4.79 Å². The monoisotopic (exact) mass is 234 g/mol. The van der Waals surface area contributed by atoms with E-state index < -0.39 is 0 Å². The van der Waals surface area contributed by atoms with Crippen LogP contribution in [0.15, 0.2) is 36.4 Å². The maximum Gasteiger partial charge on any atom is 0.238 e. The molecule has 5 heteroatoms. The number of carbonyl (C=O) groups is 1. The summed E-state index contributed by atoms with van der Waals surface area (Å²) < 4.78 is 5.38. The van der Waals surface area contributed by atoms with Crippen molar-refractivity contribution in [3.63, 3.8) is 0 Å². The average molecular weight is 235 g/mol. The maximum atomic E-state index is 10.4. The van der Waals surface area contributed by atoms with Gasteiger partial charge in [-0.1, -0.05) is 11.6 Å². The Kier molecular flexibility index (Phi) is 3.12. The Morgan fingerprint density at radius 2 is 1.81 bits per heavy atom. The third kappa shape index (κ3) is 2.55. The molecule has 0 amide bonds. The molecule has 4 nitrogen and oxygen atoms in total. The summed E-state index contributed by atoms with van der Waals surface area (Å²) in [5.41, 5.74) is 0.592. The molecule has 1 aromatic carbocycles. The van der Waals surface area contributed by atoms with Crippen LogP contribution in [-0.4, -0.2) is 16.5 Å². The second kappa shape index (κ2) is 4.72. The van der Waals surface area contributed by atoms with Crippen molar-refractivity contribution in [2.24, 2.45) is 0 Å². The Hall–Kier alpha value is -1.94. The molecule has 0 fully saturated rings. The van der Waals surface area contributed by atoms with Gasteiger partial charge in [-0.2, -0.15) is 0 Å². The van der Waals surface area contributed by atoms with Crippen molar-refractivity contribution in [3.05, 3.63) is 47.1 Å². The fraction of sp³-hybridized carbons (Fsp3) is 0. The van der Waals surface area contributed by atoms with Gasteiger partial charge < -0.3 is 4.74 Å². The third-order valence-corrected chi connectivity index (χ3v) is 2.05. The molecule has 0 unspecified atom stereocenters. The highest BCUT2D eigenvalue weighted by atomic mass is 35.5. The lowest BCUT2D eigenvalue weighted by Crippen LogP contribution is -1.90. The normalized spacial score (nSPS) is 9.81. The van der Waals surface area contributed by atoms with Gasteiger partial charge in [-0.3, -0.25) is 4.79 Å². The van der Waals surface area contributed by atoms with Crippen molar-refractivity contribution in [3.8, 4) is 11.6 Å². The highest BCUT2D eigenvalue weighted by Gasteiger charge is 1.99. The second-order valence-electron chi connectivity index (χ2n) is 2.98. The van der Waals surface area contributed by atoms with Crippen molar-refractivity contribution in [2.75, 3.05) is 0 Å². The zero-order valence-corrected chi connectivity index (χ0v) is 8.89. The number of halogens is 1. The first-order valence-corrected chi connectivity index (χ1v) is 4.88. The summed E-state index contributed by atoms with van der Waals surface area (Å²) in [6.45, 7) is 0. The van der Waals surface area contributed by atoms with Gasteiger partial charge in [0, 0.05) is 11.6 Å². The topological polar surface area (TPSA) is 52.1 Å². The van der Waals surface area contributed by atoms with E-state index in [2.05, 4.69) is 10.2 Å². The smallest absolute Gasteiger partial charge is 0.238 e. The Morgan fingerprint density at radius 3 is 2.38 bits per heavy atom. The minimum atomic E-state index is 0.309. The van der Waals surface area contributed by atoms with E-state index in [1.165, 1.54) is 0 Å². The molecule has 2 rings (SSSR count). The molecule has 0 aliphatic heterocycles. The third-order valence-electron chi connectivity index (χ3n) is 1.85. The van der Waals surface area contributed by atoms with Gasteiger partial charge in [0.25, 0.3) is 0 Å².